The minimum atomic E-state index is 0.570. The molecule has 1 aromatic heterocycles. The molecule has 40 heavy (non-hydrogen) atoms. The Bertz CT molecular complexity index is 1680. The van der Waals surface area contributed by atoms with E-state index in [0.29, 0.717) is 28.7 Å². The van der Waals surface area contributed by atoms with Gasteiger partial charge in [0.1, 0.15) is 7.05 Å². The van der Waals surface area contributed by atoms with Crippen molar-refractivity contribution in [3.63, 3.8) is 0 Å². The summed E-state index contributed by atoms with van der Waals surface area (Å²) in [6, 6.07) is 27.1. The molecule has 0 spiro atoms. The Morgan fingerprint density at radius 3 is 1.70 bits per heavy atom. The maximum absolute atomic E-state index is 5.86. The van der Waals surface area contributed by atoms with Gasteiger partial charge in [0.25, 0.3) is 0 Å². The molecule has 0 bridgehead atoms. The first-order valence-electron chi connectivity index (χ1n) is 13.0. The largest absolute Gasteiger partial charge is 0.493 e. The van der Waals surface area contributed by atoms with Gasteiger partial charge in [0.2, 0.25) is 11.4 Å². The van der Waals surface area contributed by atoms with E-state index in [-0.39, 0.29) is 0 Å². The Morgan fingerprint density at radius 1 is 0.525 bits per heavy atom. The van der Waals surface area contributed by atoms with Crippen LogP contribution in [-0.4, -0.2) is 35.5 Å². The van der Waals surface area contributed by atoms with Crippen LogP contribution in [0.15, 0.2) is 78.9 Å². The molecular formula is C34H34NO5+. The fourth-order valence-electron chi connectivity index (χ4n) is 5.33. The van der Waals surface area contributed by atoms with Crippen LogP contribution < -0.4 is 28.3 Å². The van der Waals surface area contributed by atoms with Crippen LogP contribution in [0.3, 0.4) is 0 Å². The van der Waals surface area contributed by atoms with Gasteiger partial charge in [0, 0.05) is 23.9 Å². The first-order valence-corrected chi connectivity index (χ1v) is 13.0. The molecule has 0 unspecified atom stereocenters. The smallest absolute Gasteiger partial charge is 0.213 e. The van der Waals surface area contributed by atoms with Crippen molar-refractivity contribution in [1.82, 2.24) is 0 Å². The van der Waals surface area contributed by atoms with Crippen molar-refractivity contribution < 1.29 is 28.3 Å². The van der Waals surface area contributed by atoms with Crippen molar-refractivity contribution in [2.24, 2.45) is 7.05 Å². The van der Waals surface area contributed by atoms with Gasteiger partial charge < -0.3 is 23.7 Å². The van der Waals surface area contributed by atoms with Gasteiger partial charge >= 0.3 is 0 Å². The second-order valence-corrected chi connectivity index (χ2v) is 9.49. The highest BCUT2D eigenvalue weighted by Gasteiger charge is 2.26. The number of nitrogens with zero attached hydrogens (tertiary/aromatic N) is 1. The van der Waals surface area contributed by atoms with E-state index in [1.54, 1.807) is 35.5 Å². The summed E-state index contributed by atoms with van der Waals surface area (Å²) in [5.41, 5.74) is 7.32. The molecule has 0 N–H and O–H groups in total. The monoisotopic (exact) mass is 536 g/mol. The molecular weight excluding hydrogens is 502 g/mol. The van der Waals surface area contributed by atoms with Crippen LogP contribution in [0.5, 0.6) is 28.7 Å². The van der Waals surface area contributed by atoms with Crippen molar-refractivity contribution in [2.75, 3.05) is 35.5 Å². The maximum Gasteiger partial charge on any atom is 0.213 e. The van der Waals surface area contributed by atoms with Crippen LogP contribution in [0.4, 0.5) is 0 Å². The average molecular weight is 537 g/mol. The summed E-state index contributed by atoms with van der Waals surface area (Å²) in [5, 5.41) is 1.94. The molecule has 0 aliphatic rings. The minimum Gasteiger partial charge on any atom is -0.493 e. The number of hydrogen-bond donors (Lipinski definition) is 0. The third-order valence-corrected chi connectivity index (χ3v) is 7.46. The molecule has 0 fully saturated rings. The van der Waals surface area contributed by atoms with Gasteiger partial charge in [0.15, 0.2) is 28.7 Å². The Labute approximate surface area is 235 Å². The van der Waals surface area contributed by atoms with E-state index in [0.717, 1.165) is 44.4 Å². The number of pyridine rings is 1. The van der Waals surface area contributed by atoms with Crippen LogP contribution in [-0.2, 0) is 7.05 Å². The molecule has 5 rings (SSSR count). The second kappa shape index (κ2) is 11.2. The SMILES string of the molecule is COc1cc(-c2cc3cc(OC)c(OC)c(OC)c3c(C)[n+]2C)cc(-c2ccc(-c3ccccc3)cc2)c1OC. The Hall–Kier alpha value is -4.71. The van der Waals surface area contributed by atoms with Crippen molar-refractivity contribution >= 4 is 10.8 Å². The summed E-state index contributed by atoms with van der Waals surface area (Å²) < 4.78 is 30.9. The lowest BCUT2D eigenvalue weighted by Crippen LogP contribution is -2.35. The van der Waals surface area contributed by atoms with Gasteiger partial charge in [-0.2, -0.15) is 4.57 Å². The van der Waals surface area contributed by atoms with Gasteiger partial charge in [-0.25, -0.2) is 0 Å². The highest BCUT2D eigenvalue weighted by molar-refractivity contribution is 5.96. The van der Waals surface area contributed by atoms with Crippen molar-refractivity contribution in [2.45, 2.75) is 6.92 Å². The molecule has 204 valence electrons. The second-order valence-electron chi connectivity index (χ2n) is 9.49. The number of aryl methyl sites for hydroxylation is 1. The van der Waals surface area contributed by atoms with Gasteiger partial charge in [-0.15, -0.1) is 0 Å². The first-order chi connectivity index (χ1) is 19.4. The molecule has 6 nitrogen and oxygen atoms in total. The molecule has 0 aliphatic carbocycles. The molecule has 0 amide bonds. The normalized spacial score (nSPS) is 10.9. The van der Waals surface area contributed by atoms with Crippen LogP contribution >= 0.6 is 0 Å². The number of ether oxygens (including phenoxy) is 5. The van der Waals surface area contributed by atoms with Crippen molar-refractivity contribution in [1.29, 1.82) is 0 Å². The van der Waals surface area contributed by atoms with Crippen LogP contribution in [0.25, 0.3) is 44.3 Å². The van der Waals surface area contributed by atoms with Crippen LogP contribution in [0, 0.1) is 6.92 Å². The zero-order valence-electron chi connectivity index (χ0n) is 24.0. The Balaban J connectivity index is 1.72. The summed E-state index contributed by atoms with van der Waals surface area (Å²) in [4.78, 5) is 0. The zero-order valence-corrected chi connectivity index (χ0v) is 24.0. The summed E-state index contributed by atoms with van der Waals surface area (Å²) in [6.45, 7) is 2.07. The van der Waals surface area contributed by atoms with Crippen LogP contribution in [0.2, 0.25) is 0 Å². The standard InChI is InChI=1S/C34H34NO5/c1-21-31-26(20-30(37-4)33(39-6)34(31)40-7)18-28(35(21)2)25-17-27(32(38-5)29(19-25)36-3)24-15-13-23(14-16-24)22-11-9-8-10-12-22/h8-20H,1-7H3/q+1. The topological polar surface area (TPSA) is 50.0 Å². The number of aromatic nitrogens is 1. The van der Waals surface area contributed by atoms with E-state index in [2.05, 4.69) is 60.0 Å². The summed E-state index contributed by atoms with van der Waals surface area (Å²) >= 11 is 0. The third kappa shape index (κ3) is 4.56. The molecule has 0 radical (unpaired) electrons. The number of methoxy groups -OCH3 is 5. The Morgan fingerprint density at radius 2 is 1.10 bits per heavy atom. The fraction of sp³-hybridized carbons (Fsp3) is 0.206. The number of hydrogen-bond acceptors (Lipinski definition) is 5. The maximum atomic E-state index is 5.86. The third-order valence-electron chi connectivity index (χ3n) is 7.46. The van der Waals surface area contributed by atoms with Gasteiger partial charge in [-0.05, 0) is 34.9 Å². The molecule has 0 aliphatic heterocycles. The van der Waals surface area contributed by atoms with Crippen molar-refractivity contribution in [3.05, 3.63) is 84.6 Å². The molecule has 0 saturated carbocycles. The average Bonchev–Trinajstić information content (AvgIpc) is 3.01. The number of fused-ring (bicyclic) bond motifs is 1. The lowest BCUT2D eigenvalue weighted by Gasteiger charge is -2.18. The van der Waals surface area contributed by atoms with E-state index in [4.69, 9.17) is 23.7 Å². The van der Waals surface area contributed by atoms with Gasteiger partial charge in [0.05, 0.1) is 46.5 Å². The zero-order chi connectivity index (χ0) is 28.4. The van der Waals surface area contributed by atoms with E-state index < -0.39 is 0 Å². The Kier molecular flexibility index (Phi) is 7.52. The summed E-state index contributed by atoms with van der Waals surface area (Å²) in [5.74, 6) is 3.16. The first kappa shape index (κ1) is 26.9. The van der Waals surface area contributed by atoms with E-state index >= 15 is 0 Å². The molecule has 6 heteroatoms. The quantitative estimate of drug-likeness (QED) is 0.200. The summed E-state index contributed by atoms with van der Waals surface area (Å²) in [6.07, 6.45) is 0. The fourth-order valence-corrected chi connectivity index (χ4v) is 5.33. The van der Waals surface area contributed by atoms with E-state index in [1.807, 2.05) is 37.4 Å². The van der Waals surface area contributed by atoms with Gasteiger partial charge in [-0.3, -0.25) is 0 Å². The highest BCUT2D eigenvalue weighted by atomic mass is 16.5. The molecule has 4 aromatic carbocycles. The predicted molar refractivity (Wildman–Crippen MR) is 159 cm³/mol. The summed E-state index contributed by atoms with van der Waals surface area (Å²) in [7, 11) is 10.3. The van der Waals surface area contributed by atoms with E-state index in [9.17, 15) is 0 Å². The molecule has 5 aromatic rings. The minimum absolute atomic E-state index is 0.570. The van der Waals surface area contributed by atoms with Gasteiger partial charge in [-0.1, -0.05) is 54.6 Å². The molecule has 0 saturated heterocycles. The molecule has 1 heterocycles. The number of rotatable bonds is 8. The lowest BCUT2D eigenvalue weighted by molar-refractivity contribution is -0.665. The van der Waals surface area contributed by atoms with E-state index in [1.165, 1.54) is 5.56 Å². The highest BCUT2D eigenvalue weighted by Crippen LogP contribution is 2.46. The van der Waals surface area contributed by atoms with Crippen LogP contribution in [0.1, 0.15) is 5.69 Å². The number of benzene rings is 4. The molecule has 0 atom stereocenters. The lowest BCUT2D eigenvalue weighted by atomic mass is 9.96. The van der Waals surface area contributed by atoms with Crippen molar-refractivity contribution in [3.8, 4) is 62.3 Å². The predicted octanol–water partition coefficient (Wildman–Crippen LogP) is 7.02.